The highest BCUT2D eigenvalue weighted by atomic mass is 35.5. The molecule has 0 bridgehead atoms. The fraction of sp³-hybridized carbons (Fsp3) is 0. The van der Waals surface area contributed by atoms with E-state index in [0.29, 0.717) is 10.9 Å². The van der Waals surface area contributed by atoms with E-state index in [2.05, 4.69) is 4.98 Å². The molecule has 0 radical (unpaired) electrons. The van der Waals surface area contributed by atoms with Crippen molar-refractivity contribution in [3.8, 4) is 11.6 Å². The zero-order valence-electron chi connectivity index (χ0n) is 8.76. The number of benzene rings is 1. The lowest BCUT2D eigenvalue weighted by Crippen LogP contribution is -1.87. The molecule has 3 rings (SSSR count). The Bertz CT molecular complexity index is 648. The number of thiophene rings is 1. The highest BCUT2D eigenvalue weighted by Gasteiger charge is 2.05. The number of hydrogen-bond donors (Lipinski definition) is 0. The Balaban J connectivity index is 1.99. The first-order chi connectivity index (χ1) is 8.33. The summed E-state index contributed by atoms with van der Waals surface area (Å²) in [7, 11) is 0. The molecule has 2 aromatic heterocycles. The van der Waals surface area contributed by atoms with Crippen molar-refractivity contribution in [2.24, 2.45) is 0 Å². The highest BCUT2D eigenvalue weighted by molar-refractivity contribution is 7.17. The molecule has 2 nitrogen and oxygen atoms in total. The normalized spacial score (nSPS) is 10.6. The molecule has 17 heavy (non-hydrogen) atoms. The van der Waals surface area contributed by atoms with Crippen LogP contribution in [0.5, 0.6) is 11.6 Å². The first-order valence-corrected chi connectivity index (χ1v) is 6.34. The van der Waals surface area contributed by atoms with Gasteiger partial charge in [-0.3, -0.25) is 0 Å². The minimum absolute atomic E-state index is 0.631. The zero-order valence-corrected chi connectivity index (χ0v) is 10.3. The van der Waals surface area contributed by atoms with Crippen molar-refractivity contribution in [1.29, 1.82) is 0 Å². The van der Waals surface area contributed by atoms with Gasteiger partial charge in [0.1, 0.15) is 5.75 Å². The van der Waals surface area contributed by atoms with Crippen molar-refractivity contribution in [3.05, 3.63) is 53.0 Å². The van der Waals surface area contributed by atoms with E-state index in [9.17, 15) is 0 Å². The smallest absolute Gasteiger partial charge is 0.227 e. The van der Waals surface area contributed by atoms with E-state index in [1.54, 1.807) is 29.7 Å². The molecule has 0 spiro atoms. The van der Waals surface area contributed by atoms with Crippen LogP contribution in [0.1, 0.15) is 0 Å². The lowest BCUT2D eigenvalue weighted by molar-refractivity contribution is 0.469. The summed E-state index contributed by atoms with van der Waals surface area (Å²) in [5, 5.41) is 3.76. The number of rotatable bonds is 2. The maximum absolute atomic E-state index is 5.82. The second kappa shape index (κ2) is 4.35. The van der Waals surface area contributed by atoms with Crippen molar-refractivity contribution < 1.29 is 4.74 Å². The Kier molecular flexibility index (Phi) is 2.71. The quantitative estimate of drug-likeness (QED) is 0.665. The molecule has 0 aliphatic carbocycles. The minimum Gasteiger partial charge on any atom is -0.438 e. The van der Waals surface area contributed by atoms with Crippen LogP contribution in [0.3, 0.4) is 0 Å². The van der Waals surface area contributed by atoms with Crippen LogP contribution in [0.4, 0.5) is 0 Å². The molecule has 3 aromatic rings. The minimum atomic E-state index is 0.631. The molecule has 4 heteroatoms. The molecule has 0 amide bonds. The molecule has 0 aliphatic heterocycles. The standard InChI is InChI=1S/C13H8ClNOS/c14-9-1-3-10(4-2-9)16-13-11-6-8-17-12(11)5-7-15-13/h1-8H. The maximum atomic E-state index is 5.82. The van der Waals surface area contributed by atoms with E-state index in [-0.39, 0.29) is 0 Å². The molecule has 84 valence electrons. The second-order valence-corrected chi connectivity index (χ2v) is 4.89. The van der Waals surface area contributed by atoms with E-state index in [4.69, 9.17) is 16.3 Å². The molecule has 0 N–H and O–H groups in total. The first-order valence-electron chi connectivity index (χ1n) is 5.08. The number of fused-ring (bicyclic) bond motifs is 1. The summed E-state index contributed by atoms with van der Waals surface area (Å²) in [5.41, 5.74) is 0. The molecular weight excluding hydrogens is 254 g/mol. The Morgan fingerprint density at radius 3 is 2.71 bits per heavy atom. The van der Waals surface area contributed by atoms with Crippen LogP contribution in [-0.2, 0) is 0 Å². The van der Waals surface area contributed by atoms with Crippen LogP contribution in [0.25, 0.3) is 10.1 Å². The van der Waals surface area contributed by atoms with Crippen molar-refractivity contribution in [3.63, 3.8) is 0 Å². The Morgan fingerprint density at radius 2 is 1.88 bits per heavy atom. The number of hydrogen-bond acceptors (Lipinski definition) is 3. The topological polar surface area (TPSA) is 22.1 Å². The molecule has 0 saturated heterocycles. The Morgan fingerprint density at radius 1 is 1.06 bits per heavy atom. The lowest BCUT2D eigenvalue weighted by Gasteiger charge is -2.05. The molecule has 0 unspecified atom stereocenters. The molecule has 2 heterocycles. The Hall–Kier alpha value is -1.58. The zero-order chi connectivity index (χ0) is 11.7. The van der Waals surface area contributed by atoms with E-state index in [0.717, 1.165) is 11.1 Å². The van der Waals surface area contributed by atoms with Crippen LogP contribution in [0, 0.1) is 0 Å². The maximum Gasteiger partial charge on any atom is 0.227 e. The third-order valence-corrected chi connectivity index (χ3v) is 3.51. The summed E-state index contributed by atoms with van der Waals surface area (Å²) >= 11 is 7.50. The molecular formula is C13H8ClNOS. The number of pyridine rings is 1. The number of ether oxygens (including phenoxy) is 1. The molecule has 0 saturated carbocycles. The van der Waals surface area contributed by atoms with Crippen LogP contribution >= 0.6 is 22.9 Å². The predicted octanol–water partition coefficient (Wildman–Crippen LogP) is 4.74. The van der Waals surface area contributed by atoms with Gasteiger partial charge in [0, 0.05) is 15.9 Å². The SMILES string of the molecule is Clc1ccc(Oc2nccc3sccc23)cc1. The molecule has 0 aliphatic rings. The fourth-order valence-corrected chi connectivity index (χ4v) is 2.46. The van der Waals surface area contributed by atoms with E-state index < -0.39 is 0 Å². The average molecular weight is 262 g/mol. The predicted molar refractivity (Wildman–Crippen MR) is 71.1 cm³/mol. The van der Waals surface area contributed by atoms with Crippen LogP contribution in [-0.4, -0.2) is 4.98 Å². The summed E-state index contributed by atoms with van der Waals surface area (Å²) in [6.07, 6.45) is 1.75. The third-order valence-electron chi connectivity index (χ3n) is 2.37. The summed E-state index contributed by atoms with van der Waals surface area (Å²) < 4.78 is 6.91. The molecule has 1 aromatic carbocycles. The van der Waals surface area contributed by atoms with E-state index in [1.165, 1.54) is 4.70 Å². The van der Waals surface area contributed by atoms with Gasteiger partial charge >= 0.3 is 0 Å². The largest absolute Gasteiger partial charge is 0.438 e. The van der Waals surface area contributed by atoms with Gasteiger partial charge in [0.2, 0.25) is 5.88 Å². The van der Waals surface area contributed by atoms with Gasteiger partial charge in [-0.15, -0.1) is 11.3 Å². The van der Waals surface area contributed by atoms with Crippen LogP contribution in [0.15, 0.2) is 48.0 Å². The summed E-state index contributed by atoms with van der Waals surface area (Å²) in [6, 6.07) is 11.2. The average Bonchev–Trinajstić information content (AvgIpc) is 2.81. The summed E-state index contributed by atoms with van der Waals surface area (Å²) in [5.74, 6) is 1.37. The van der Waals surface area contributed by atoms with Crippen LogP contribution < -0.4 is 4.74 Å². The Labute approximate surface area is 107 Å². The van der Waals surface area contributed by atoms with Crippen molar-refractivity contribution in [2.45, 2.75) is 0 Å². The number of nitrogens with zero attached hydrogens (tertiary/aromatic N) is 1. The summed E-state index contributed by atoms with van der Waals surface area (Å²) in [4.78, 5) is 4.25. The van der Waals surface area contributed by atoms with Crippen molar-refractivity contribution in [2.75, 3.05) is 0 Å². The first kappa shape index (κ1) is 10.6. The van der Waals surface area contributed by atoms with E-state index >= 15 is 0 Å². The van der Waals surface area contributed by atoms with Gasteiger partial charge in [-0.1, -0.05) is 11.6 Å². The molecule has 0 fully saturated rings. The van der Waals surface area contributed by atoms with Gasteiger partial charge in [-0.25, -0.2) is 4.98 Å². The highest BCUT2D eigenvalue weighted by Crippen LogP contribution is 2.30. The summed E-state index contributed by atoms with van der Waals surface area (Å²) in [6.45, 7) is 0. The number of halogens is 1. The third kappa shape index (κ3) is 2.12. The fourth-order valence-electron chi connectivity index (χ4n) is 1.56. The van der Waals surface area contributed by atoms with Gasteiger partial charge < -0.3 is 4.74 Å². The van der Waals surface area contributed by atoms with E-state index in [1.807, 2.05) is 29.6 Å². The molecule has 0 atom stereocenters. The van der Waals surface area contributed by atoms with Crippen LogP contribution in [0.2, 0.25) is 5.02 Å². The van der Waals surface area contributed by atoms with Gasteiger partial charge in [-0.05, 0) is 41.8 Å². The van der Waals surface area contributed by atoms with Gasteiger partial charge in [0.25, 0.3) is 0 Å². The van der Waals surface area contributed by atoms with Gasteiger partial charge in [-0.2, -0.15) is 0 Å². The van der Waals surface area contributed by atoms with Crippen molar-refractivity contribution >= 4 is 33.0 Å². The monoisotopic (exact) mass is 261 g/mol. The van der Waals surface area contributed by atoms with Crippen molar-refractivity contribution in [1.82, 2.24) is 4.98 Å². The lowest BCUT2D eigenvalue weighted by atomic mass is 10.3. The number of aromatic nitrogens is 1. The second-order valence-electron chi connectivity index (χ2n) is 3.50. The van der Waals surface area contributed by atoms with Gasteiger partial charge in [0.15, 0.2) is 0 Å². The van der Waals surface area contributed by atoms with Gasteiger partial charge in [0.05, 0.1) is 5.39 Å².